The topological polar surface area (TPSA) is 77.8 Å². The number of unbranched alkanes of at least 4 members (excludes halogenated alkanes) is 1. The monoisotopic (exact) mass is 388 g/mol. The van der Waals surface area contributed by atoms with Crippen molar-refractivity contribution in [3.8, 4) is 11.8 Å². The summed E-state index contributed by atoms with van der Waals surface area (Å²) >= 11 is 0. The molecule has 4 heteroatoms. The molecule has 0 saturated heterocycles. The van der Waals surface area contributed by atoms with Crippen LogP contribution in [0, 0.1) is 35.5 Å². The Balaban J connectivity index is 1.87. The lowest BCUT2D eigenvalue weighted by Crippen LogP contribution is -2.22. The van der Waals surface area contributed by atoms with Gasteiger partial charge in [-0.05, 0) is 56.3 Å². The number of aliphatic hydroxyl groups is 2. The molecule has 2 aliphatic carbocycles. The SMILES string of the molecule is CCC#CCC(C)C(O)C=C[C@H]1[C@H]2CCC(CCCCC(=O)O)=C[C@@H]2C[C@H]1O. The highest BCUT2D eigenvalue weighted by Gasteiger charge is 2.41. The Morgan fingerprint density at radius 3 is 2.86 bits per heavy atom. The molecule has 1 saturated carbocycles. The average Bonchev–Trinajstić information content (AvgIpc) is 2.97. The normalized spacial score (nSPS) is 28.9. The van der Waals surface area contributed by atoms with Crippen molar-refractivity contribution >= 4 is 5.97 Å². The first-order valence-electron chi connectivity index (χ1n) is 10.8. The first-order valence-corrected chi connectivity index (χ1v) is 10.8. The van der Waals surface area contributed by atoms with Crippen molar-refractivity contribution in [1.29, 1.82) is 0 Å². The highest BCUT2D eigenvalue weighted by atomic mass is 16.4. The fraction of sp³-hybridized carbons (Fsp3) is 0.708. The standard InChI is InChI=1S/C24H36O4/c1-3-4-5-8-17(2)22(25)14-13-21-20-12-11-18(9-6-7-10-24(27)28)15-19(20)16-23(21)26/h13-15,17,19-23,25-26H,3,6-12,16H2,1-2H3,(H,27,28)/t17?,19-,20+,21+,22?,23-/m1/s1. The van der Waals surface area contributed by atoms with E-state index in [0.29, 0.717) is 18.3 Å². The molecule has 0 radical (unpaired) electrons. The Labute approximate surface area is 169 Å². The first-order chi connectivity index (χ1) is 13.4. The van der Waals surface area contributed by atoms with Gasteiger partial charge in [-0.2, -0.15) is 0 Å². The Kier molecular flexibility index (Phi) is 9.28. The molecule has 156 valence electrons. The molecule has 2 rings (SSSR count). The van der Waals surface area contributed by atoms with Gasteiger partial charge in [0.15, 0.2) is 0 Å². The van der Waals surface area contributed by atoms with Crippen LogP contribution in [0.4, 0.5) is 0 Å². The van der Waals surface area contributed by atoms with E-state index >= 15 is 0 Å². The van der Waals surface area contributed by atoms with Crippen LogP contribution >= 0.6 is 0 Å². The Morgan fingerprint density at radius 1 is 1.36 bits per heavy atom. The van der Waals surface area contributed by atoms with Gasteiger partial charge in [0.1, 0.15) is 0 Å². The minimum atomic E-state index is -0.722. The van der Waals surface area contributed by atoms with Crippen molar-refractivity contribution < 1.29 is 20.1 Å². The summed E-state index contributed by atoms with van der Waals surface area (Å²) in [6.07, 6.45) is 12.6. The predicted octanol–water partition coefficient (Wildman–Crippen LogP) is 4.32. The summed E-state index contributed by atoms with van der Waals surface area (Å²) in [6, 6.07) is 0. The molecule has 2 aliphatic rings. The van der Waals surface area contributed by atoms with Gasteiger partial charge in [-0.25, -0.2) is 0 Å². The lowest BCUT2D eigenvalue weighted by molar-refractivity contribution is -0.137. The minimum absolute atomic E-state index is 0.0910. The minimum Gasteiger partial charge on any atom is -0.481 e. The van der Waals surface area contributed by atoms with Gasteiger partial charge in [0.2, 0.25) is 0 Å². The fourth-order valence-corrected chi connectivity index (χ4v) is 4.54. The summed E-state index contributed by atoms with van der Waals surface area (Å²) in [5.74, 6) is 6.46. The van der Waals surface area contributed by atoms with Crippen LogP contribution in [0.1, 0.15) is 71.6 Å². The molecule has 3 N–H and O–H groups in total. The Hall–Kier alpha value is -1.57. The van der Waals surface area contributed by atoms with Crippen molar-refractivity contribution in [3.63, 3.8) is 0 Å². The second kappa shape index (κ2) is 11.4. The van der Waals surface area contributed by atoms with Gasteiger partial charge in [0, 0.05) is 25.2 Å². The van der Waals surface area contributed by atoms with Crippen molar-refractivity contribution in [2.45, 2.75) is 83.8 Å². The molecule has 1 fully saturated rings. The van der Waals surface area contributed by atoms with E-state index in [1.165, 1.54) is 5.57 Å². The molecule has 4 nitrogen and oxygen atoms in total. The molecular weight excluding hydrogens is 352 g/mol. The summed E-state index contributed by atoms with van der Waals surface area (Å²) < 4.78 is 0. The smallest absolute Gasteiger partial charge is 0.303 e. The molecule has 0 aromatic rings. The summed E-state index contributed by atoms with van der Waals surface area (Å²) in [6.45, 7) is 4.03. The molecule has 2 unspecified atom stereocenters. The fourth-order valence-electron chi connectivity index (χ4n) is 4.54. The van der Waals surface area contributed by atoms with E-state index < -0.39 is 12.1 Å². The number of hydrogen-bond donors (Lipinski definition) is 3. The zero-order chi connectivity index (χ0) is 20.5. The molecule has 0 aromatic heterocycles. The summed E-state index contributed by atoms with van der Waals surface area (Å²) in [7, 11) is 0. The first kappa shape index (κ1) is 22.7. The molecule has 6 atom stereocenters. The maximum atomic E-state index is 10.6. The maximum Gasteiger partial charge on any atom is 0.303 e. The quantitative estimate of drug-likeness (QED) is 0.312. The van der Waals surface area contributed by atoms with E-state index in [1.54, 1.807) is 0 Å². The van der Waals surface area contributed by atoms with Crippen LogP contribution in [0.5, 0.6) is 0 Å². The van der Waals surface area contributed by atoms with Crippen LogP contribution in [0.25, 0.3) is 0 Å². The molecular formula is C24H36O4. The van der Waals surface area contributed by atoms with Gasteiger partial charge in [0.05, 0.1) is 12.2 Å². The zero-order valence-electron chi connectivity index (χ0n) is 17.3. The van der Waals surface area contributed by atoms with Crippen molar-refractivity contribution in [2.75, 3.05) is 0 Å². The van der Waals surface area contributed by atoms with E-state index in [9.17, 15) is 15.0 Å². The average molecular weight is 389 g/mol. The number of aliphatic hydroxyl groups excluding tert-OH is 2. The third-order valence-electron chi connectivity index (χ3n) is 6.23. The predicted molar refractivity (Wildman–Crippen MR) is 112 cm³/mol. The van der Waals surface area contributed by atoms with E-state index in [1.807, 2.05) is 26.0 Å². The lowest BCUT2D eigenvalue weighted by Gasteiger charge is -2.28. The molecule has 0 heterocycles. The number of carboxylic acids is 1. The number of allylic oxidation sites excluding steroid dienone is 2. The van der Waals surface area contributed by atoms with Gasteiger partial charge < -0.3 is 15.3 Å². The molecule has 0 bridgehead atoms. The van der Waals surface area contributed by atoms with Gasteiger partial charge in [0.25, 0.3) is 0 Å². The number of aliphatic carboxylic acids is 1. The van der Waals surface area contributed by atoms with E-state index in [0.717, 1.165) is 44.9 Å². The maximum absolute atomic E-state index is 10.6. The van der Waals surface area contributed by atoms with Gasteiger partial charge >= 0.3 is 5.97 Å². The van der Waals surface area contributed by atoms with E-state index in [4.69, 9.17) is 5.11 Å². The van der Waals surface area contributed by atoms with Crippen LogP contribution in [0.3, 0.4) is 0 Å². The van der Waals surface area contributed by atoms with E-state index in [-0.39, 0.29) is 24.4 Å². The van der Waals surface area contributed by atoms with Crippen LogP contribution in [0.15, 0.2) is 23.8 Å². The van der Waals surface area contributed by atoms with Crippen LogP contribution in [-0.2, 0) is 4.79 Å². The highest BCUT2D eigenvalue weighted by Crippen LogP contribution is 2.46. The molecule has 28 heavy (non-hydrogen) atoms. The summed E-state index contributed by atoms with van der Waals surface area (Å²) in [4.78, 5) is 10.6. The van der Waals surface area contributed by atoms with Gasteiger partial charge in [-0.15, -0.1) is 11.8 Å². The summed E-state index contributed by atoms with van der Waals surface area (Å²) in [5.41, 5.74) is 1.42. The lowest BCUT2D eigenvalue weighted by atomic mass is 9.78. The second-order valence-corrected chi connectivity index (χ2v) is 8.44. The molecule has 0 aromatic carbocycles. The van der Waals surface area contributed by atoms with Crippen molar-refractivity contribution in [2.24, 2.45) is 23.7 Å². The number of carboxylic acid groups (broad SMARTS) is 1. The van der Waals surface area contributed by atoms with E-state index in [2.05, 4.69) is 17.9 Å². The molecule has 0 amide bonds. The largest absolute Gasteiger partial charge is 0.481 e. The number of fused-ring (bicyclic) bond motifs is 1. The van der Waals surface area contributed by atoms with Crippen LogP contribution in [0.2, 0.25) is 0 Å². The van der Waals surface area contributed by atoms with Crippen molar-refractivity contribution in [1.82, 2.24) is 0 Å². The number of hydrogen-bond acceptors (Lipinski definition) is 3. The number of carbonyl (C=O) groups is 1. The van der Waals surface area contributed by atoms with Gasteiger partial charge in [-0.3, -0.25) is 4.79 Å². The second-order valence-electron chi connectivity index (χ2n) is 8.44. The third-order valence-corrected chi connectivity index (χ3v) is 6.23. The zero-order valence-corrected chi connectivity index (χ0v) is 17.3. The Morgan fingerprint density at radius 2 is 2.14 bits per heavy atom. The third kappa shape index (κ3) is 6.79. The molecule has 0 aliphatic heterocycles. The summed E-state index contributed by atoms with van der Waals surface area (Å²) in [5, 5.41) is 29.7. The number of rotatable bonds is 9. The van der Waals surface area contributed by atoms with Crippen LogP contribution in [-0.4, -0.2) is 33.5 Å². The highest BCUT2D eigenvalue weighted by molar-refractivity contribution is 5.66. The molecule has 0 spiro atoms. The van der Waals surface area contributed by atoms with Gasteiger partial charge in [-0.1, -0.05) is 37.6 Å². The van der Waals surface area contributed by atoms with Crippen LogP contribution < -0.4 is 0 Å². The van der Waals surface area contributed by atoms with Crippen molar-refractivity contribution in [3.05, 3.63) is 23.8 Å². The Bertz CT molecular complexity index is 624.